The second kappa shape index (κ2) is 11.1. The molecule has 1 aromatic heterocycles. The van der Waals surface area contributed by atoms with Crippen LogP contribution in [0.15, 0.2) is 97.2 Å². The number of piperazine rings is 1. The van der Waals surface area contributed by atoms with E-state index in [4.69, 9.17) is 0 Å². The Hall–Kier alpha value is -3.90. The topological polar surface area (TPSA) is 51.7 Å². The van der Waals surface area contributed by atoms with E-state index in [9.17, 15) is 4.79 Å². The molecule has 2 amide bonds. The molecule has 1 aliphatic heterocycles. The van der Waals surface area contributed by atoms with Gasteiger partial charge in [0.25, 0.3) is 0 Å². The fraction of sp³-hybridized carbons (Fsp3) is 0.333. The molecule has 6 heteroatoms. The Morgan fingerprint density at radius 2 is 1.51 bits per heavy atom. The average Bonchev–Trinajstić information content (AvgIpc) is 2.99. The molecule has 2 heterocycles. The summed E-state index contributed by atoms with van der Waals surface area (Å²) in [5.74, 6) is 0.661. The zero-order valence-corrected chi connectivity index (χ0v) is 22.7. The number of para-hydroxylation sites is 3. The Morgan fingerprint density at radius 3 is 2.23 bits per heavy atom. The summed E-state index contributed by atoms with van der Waals surface area (Å²) in [6.07, 6.45) is 5.88. The van der Waals surface area contributed by atoms with E-state index in [1.807, 2.05) is 48.5 Å². The first-order valence-corrected chi connectivity index (χ1v) is 14.2. The molecule has 6 rings (SSSR count). The summed E-state index contributed by atoms with van der Waals surface area (Å²) < 4.78 is 0. The predicted molar refractivity (Wildman–Crippen MR) is 160 cm³/mol. The van der Waals surface area contributed by atoms with Crippen molar-refractivity contribution >= 4 is 34.0 Å². The number of urea groups is 1. The van der Waals surface area contributed by atoms with Crippen LogP contribution in [-0.4, -0.2) is 47.8 Å². The smallest absolute Gasteiger partial charge is 0.327 e. The van der Waals surface area contributed by atoms with Crippen LogP contribution < -0.4 is 15.1 Å². The minimum atomic E-state index is -0.384. The quantitative estimate of drug-likeness (QED) is 0.308. The summed E-state index contributed by atoms with van der Waals surface area (Å²) in [5.41, 5.74) is 3.45. The Bertz CT molecular complexity index is 1390. The third-order valence-electron chi connectivity index (χ3n) is 8.54. The lowest BCUT2D eigenvalue weighted by Gasteiger charge is -2.55. The molecule has 1 saturated heterocycles. The molecule has 3 aromatic carbocycles. The number of aromatic nitrogens is 1. The number of amides is 2. The lowest BCUT2D eigenvalue weighted by molar-refractivity contribution is 0.0366. The van der Waals surface area contributed by atoms with Gasteiger partial charge in [-0.2, -0.15) is 0 Å². The number of benzene rings is 3. The maximum atomic E-state index is 14.3. The highest BCUT2D eigenvalue weighted by Gasteiger charge is 2.48. The monoisotopic (exact) mass is 519 g/mol. The van der Waals surface area contributed by atoms with Crippen molar-refractivity contribution in [2.45, 2.75) is 38.3 Å². The van der Waals surface area contributed by atoms with Crippen LogP contribution in [0.5, 0.6) is 0 Å². The van der Waals surface area contributed by atoms with Crippen molar-refractivity contribution in [1.82, 2.24) is 9.88 Å². The predicted octanol–water partition coefficient (Wildman–Crippen LogP) is 7.00. The van der Waals surface area contributed by atoms with Gasteiger partial charge in [-0.25, -0.2) is 4.79 Å². The number of carbonyl (C=O) groups excluding carboxylic acids is 1. The number of fused-ring (bicyclic) bond motifs is 1. The maximum Gasteiger partial charge on any atom is 0.327 e. The minimum Gasteiger partial charge on any atom is -0.369 e. The number of nitrogens with one attached hydrogen (secondary N) is 1. The summed E-state index contributed by atoms with van der Waals surface area (Å²) in [5, 5.41) is 4.24. The molecule has 1 saturated carbocycles. The summed E-state index contributed by atoms with van der Waals surface area (Å²) in [7, 11) is 0. The van der Waals surface area contributed by atoms with Crippen LogP contribution in [0.1, 0.15) is 32.6 Å². The zero-order valence-electron chi connectivity index (χ0n) is 22.7. The van der Waals surface area contributed by atoms with Crippen molar-refractivity contribution in [3.63, 3.8) is 0 Å². The molecule has 0 bridgehead atoms. The van der Waals surface area contributed by atoms with Gasteiger partial charge in [0.1, 0.15) is 5.66 Å². The number of pyridine rings is 1. The van der Waals surface area contributed by atoms with E-state index in [1.165, 1.54) is 5.69 Å². The van der Waals surface area contributed by atoms with Crippen molar-refractivity contribution in [2.75, 3.05) is 41.3 Å². The molecule has 6 nitrogen and oxygen atoms in total. The molecule has 0 atom stereocenters. The van der Waals surface area contributed by atoms with E-state index in [0.29, 0.717) is 11.6 Å². The third-order valence-corrected chi connectivity index (χ3v) is 8.54. The molecule has 0 spiro atoms. The van der Waals surface area contributed by atoms with Crippen molar-refractivity contribution in [3.05, 3.63) is 97.2 Å². The normalized spacial score (nSPS) is 22.0. The Morgan fingerprint density at radius 1 is 0.872 bits per heavy atom. The molecule has 0 unspecified atom stereocenters. The van der Waals surface area contributed by atoms with Crippen LogP contribution in [0.2, 0.25) is 0 Å². The number of hydrogen-bond donors (Lipinski definition) is 1. The molecule has 200 valence electrons. The van der Waals surface area contributed by atoms with Crippen molar-refractivity contribution in [1.29, 1.82) is 0 Å². The average molecular weight is 520 g/mol. The van der Waals surface area contributed by atoms with Crippen LogP contribution in [0.3, 0.4) is 0 Å². The first-order valence-electron chi connectivity index (χ1n) is 14.2. The Labute approximate surface area is 231 Å². The zero-order chi connectivity index (χ0) is 26.7. The van der Waals surface area contributed by atoms with Crippen LogP contribution >= 0.6 is 0 Å². The van der Waals surface area contributed by atoms with Gasteiger partial charge in [0.05, 0.1) is 17.4 Å². The summed E-state index contributed by atoms with van der Waals surface area (Å²) >= 11 is 0. The maximum absolute atomic E-state index is 14.3. The van der Waals surface area contributed by atoms with Gasteiger partial charge >= 0.3 is 6.03 Å². The van der Waals surface area contributed by atoms with E-state index in [1.54, 1.807) is 6.20 Å². The second-order valence-corrected chi connectivity index (χ2v) is 11.0. The molecule has 4 aromatic rings. The van der Waals surface area contributed by atoms with Gasteiger partial charge in [0.2, 0.25) is 0 Å². The first-order chi connectivity index (χ1) is 19.1. The molecular formula is C33H37N5O. The van der Waals surface area contributed by atoms with E-state index in [-0.39, 0.29) is 11.7 Å². The summed E-state index contributed by atoms with van der Waals surface area (Å²) in [4.78, 5) is 26.0. The van der Waals surface area contributed by atoms with Gasteiger partial charge in [0.15, 0.2) is 0 Å². The van der Waals surface area contributed by atoms with Gasteiger partial charge in [-0.05, 0) is 68.0 Å². The lowest BCUT2D eigenvalue weighted by Crippen LogP contribution is -2.68. The fourth-order valence-electron chi connectivity index (χ4n) is 6.37. The van der Waals surface area contributed by atoms with Gasteiger partial charge in [-0.3, -0.25) is 14.8 Å². The van der Waals surface area contributed by atoms with Crippen LogP contribution in [-0.2, 0) is 0 Å². The fourth-order valence-corrected chi connectivity index (χ4v) is 6.37. The molecular weight excluding hydrogens is 482 g/mol. The first kappa shape index (κ1) is 25.4. The second-order valence-electron chi connectivity index (χ2n) is 11.0. The number of nitrogens with zero attached hydrogens (tertiary/aromatic N) is 4. The standard InChI is InChI=1S/C33H37N5O/c1-26-16-18-33(19-17-26,37-22-20-36(21-23-37)29-11-4-2-5-12-29)38(30-13-6-3-7-14-30)32(39)35-28-24-27-10-8-9-15-31(27)34-25-28/h2-15,24-26H,16-23H2,1H3,(H,35,39). The summed E-state index contributed by atoms with van der Waals surface area (Å²) in [6, 6.07) is 30.8. The largest absolute Gasteiger partial charge is 0.369 e. The van der Waals surface area contributed by atoms with E-state index in [2.05, 4.69) is 74.4 Å². The van der Waals surface area contributed by atoms with Crippen molar-refractivity contribution < 1.29 is 4.79 Å². The molecule has 0 radical (unpaired) electrons. The lowest BCUT2D eigenvalue weighted by atomic mass is 9.80. The van der Waals surface area contributed by atoms with Gasteiger partial charge in [-0.1, -0.05) is 61.5 Å². The van der Waals surface area contributed by atoms with Crippen molar-refractivity contribution in [3.8, 4) is 0 Å². The minimum absolute atomic E-state index is 0.0988. The molecule has 39 heavy (non-hydrogen) atoms. The van der Waals surface area contributed by atoms with E-state index in [0.717, 1.165) is 68.5 Å². The van der Waals surface area contributed by atoms with Gasteiger partial charge in [0, 0.05) is 42.9 Å². The highest BCUT2D eigenvalue weighted by atomic mass is 16.2. The SMILES string of the molecule is CC1CCC(N2CCN(c3ccccc3)CC2)(N(C(=O)Nc2cnc3ccccc3c2)c2ccccc2)CC1. The number of carbonyl (C=O) groups is 1. The summed E-state index contributed by atoms with van der Waals surface area (Å²) in [6.45, 7) is 6.06. The van der Waals surface area contributed by atoms with Crippen molar-refractivity contribution in [2.24, 2.45) is 5.92 Å². The highest BCUT2D eigenvalue weighted by molar-refractivity contribution is 6.03. The molecule has 1 aliphatic carbocycles. The van der Waals surface area contributed by atoms with Crippen LogP contribution in [0, 0.1) is 5.92 Å². The number of rotatable bonds is 5. The molecule has 1 N–H and O–H groups in total. The Balaban J connectivity index is 1.33. The van der Waals surface area contributed by atoms with E-state index >= 15 is 0 Å². The van der Waals surface area contributed by atoms with Crippen LogP contribution in [0.4, 0.5) is 21.9 Å². The Kier molecular flexibility index (Phi) is 7.20. The molecule has 2 fully saturated rings. The molecule has 2 aliphatic rings. The van der Waals surface area contributed by atoms with Gasteiger partial charge in [-0.15, -0.1) is 0 Å². The number of anilines is 3. The van der Waals surface area contributed by atoms with E-state index < -0.39 is 0 Å². The highest BCUT2D eigenvalue weighted by Crippen LogP contribution is 2.42. The van der Waals surface area contributed by atoms with Crippen LogP contribution in [0.25, 0.3) is 10.9 Å². The number of hydrogen-bond acceptors (Lipinski definition) is 4. The third kappa shape index (κ3) is 5.21. The van der Waals surface area contributed by atoms with Gasteiger partial charge < -0.3 is 10.2 Å².